The molecule has 0 N–H and O–H groups in total. The topological polar surface area (TPSA) is 32.8 Å². The van der Waals surface area contributed by atoms with Crippen molar-refractivity contribution in [3.63, 3.8) is 0 Å². The van der Waals surface area contributed by atoms with Crippen LogP contribution in [0.4, 0.5) is 0 Å². The Bertz CT molecular complexity index is 527. The lowest BCUT2D eigenvalue weighted by atomic mass is 9.95. The van der Waals surface area contributed by atoms with Gasteiger partial charge in [-0.05, 0) is 51.7 Å². The van der Waals surface area contributed by atoms with Crippen LogP contribution in [0.25, 0.3) is 0 Å². The van der Waals surface area contributed by atoms with Crippen LogP contribution in [-0.4, -0.2) is 60.6 Å². The fourth-order valence-electron chi connectivity index (χ4n) is 3.82. The summed E-state index contributed by atoms with van der Waals surface area (Å²) in [5.74, 6) is 0.928. The van der Waals surface area contributed by atoms with Gasteiger partial charge >= 0.3 is 0 Å². The Labute approximate surface area is 143 Å². The molecular weight excluding hydrogens is 308 g/mol. The van der Waals surface area contributed by atoms with Crippen LogP contribution >= 0.6 is 11.3 Å². The minimum Gasteiger partial charge on any atom is -0.373 e. The van der Waals surface area contributed by atoms with E-state index >= 15 is 0 Å². The molecule has 2 aliphatic heterocycles. The molecule has 2 atom stereocenters. The number of piperidine rings is 1. The summed E-state index contributed by atoms with van der Waals surface area (Å²) < 4.78 is 5.81. The van der Waals surface area contributed by atoms with Crippen LogP contribution in [0.2, 0.25) is 0 Å². The summed E-state index contributed by atoms with van der Waals surface area (Å²) in [6.07, 6.45) is 2.91. The van der Waals surface area contributed by atoms with Gasteiger partial charge in [-0.2, -0.15) is 0 Å². The first-order valence-electron chi connectivity index (χ1n) is 8.75. The molecule has 128 valence electrons. The molecule has 4 nitrogen and oxygen atoms in total. The summed E-state index contributed by atoms with van der Waals surface area (Å²) in [6.45, 7) is 11.4. The zero-order valence-corrected chi connectivity index (χ0v) is 15.3. The zero-order valence-electron chi connectivity index (χ0n) is 14.5. The number of likely N-dealkylation sites (tertiary alicyclic amines) is 1. The summed E-state index contributed by atoms with van der Waals surface area (Å²) in [5.41, 5.74) is 0. The van der Waals surface area contributed by atoms with Gasteiger partial charge in [0.2, 0.25) is 0 Å². The van der Waals surface area contributed by atoms with E-state index in [9.17, 15) is 4.79 Å². The van der Waals surface area contributed by atoms with Crippen molar-refractivity contribution < 1.29 is 9.53 Å². The summed E-state index contributed by atoms with van der Waals surface area (Å²) >= 11 is 1.61. The first kappa shape index (κ1) is 16.9. The lowest BCUT2D eigenvalue weighted by Crippen LogP contribution is -2.48. The monoisotopic (exact) mass is 336 g/mol. The van der Waals surface area contributed by atoms with E-state index in [1.165, 1.54) is 4.88 Å². The van der Waals surface area contributed by atoms with Crippen LogP contribution in [0, 0.1) is 12.8 Å². The Kier molecular flexibility index (Phi) is 5.39. The molecule has 1 amide bonds. The molecule has 0 bridgehead atoms. The molecular formula is C18H28N2O2S. The first-order valence-corrected chi connectivity index (χ1v) is 9.56. The van der Waals surface area contributed by atoms with Gasteiger partial charge in [-0.3, -0.25) is 9.69 Å². The summed E-state index contributed by atoms with van der Waals surface area (Å²) in [6, 6.07) is 4.00. The quantitative estimate of drug-likeness (QED) is 0.850. The number of nitrogens with zero attached hydrogens (tertiary/aromatic N) is 2. The van der Waals surface area contributed by atoms with E-state index < -0.39 is 0 Å². The fourth-order valence-corrected chi connectivity index (χ4v) is 4.66. The SMILES string of the molecule is Cc1ccc(C(=O)N2CCC(CN3C[C@@H](C)O[C@H](C)C3)CC2)s1. The van der Waals surface area contributed by atoms with Crippen LogP contribution < -0.4 is 0 Å². The molecule has 3 heterocycles. The maximum Gasteiger partial charge on any atom is 0.263 e. The van der Waals surface area contributed by atoms with Crippen LogP contribution in [0.1, 0.15) is 41.2 Å². The third-order valence-corrected chi connectivity index (χ3v) is 5.85. The van der Waals surface area contributed by atoms with Crippen molar-refractivity contribution in [1.29, 1.82) is 0 Å². The number of thiophene rings is 1. The number of carbonyl (C=O) groups excluding carboxylic acids is 1. The molecule has 3 rings (SSSR count). The van der Waals surface area contributed by atoms with Gasteiger partial charge in [0.1, 0.15) is 0 Å². The second-order valence-corrected chi connectivity index (χ2v) is 8.41. The number of hydrogen-bond acceptors (Lipinski definition) is 4. The van der Waals surface area contributed by atoms with E-state index in [4.69, 9.17) is 4.74 Å². The molecule has 1 aromatic heterocycles. The Morgan fingerprint density at radius 1 is 1.22 bits per heavy atom. The highest BCUT2D eigenvalue weighted by Gasteiger charge is 2.28. The van der Waals surface area contributed by atoms with Crippen LogP contribution in [0.3, 0.4) is 0 Å². The van der Waals surface area contributed by atoms with E-state index in [0.29, 0.717) is 18.1 Å². The Balaban J connectivity index is 1.47. The van der Waals surface area contributed by atoms with Gasteiger partial charge in [0.05, 0.1) is 17.1 Å². The second kappa shape index (κ2) is 7.32. The van der Waals surface area contributed by atoms with E-state index in [0.717, 1.165) is 50.4 Å². The fraction of sp³-hybridized carbons (Fsp3) is 0.722. The van der Waals surface area contributed by atoms with E-state index in [2.05, 4.69) is 25.7 Å². The van der Waals surface area contributed by atoms with Crippen molar-refractivity contribution in [3.8, 4) is 0 Å². The molecule has 0 unspecified atom stereocenters. The molecule has 2 aliphatic rings. The van der Waals surface area contributed by atoms with Gasteiger partial charge in [0.15, 0.2) is 0 Å². The highest BCUT2D eigenvalue weighted by molar-refractivity contribution is 7.13. The molecule has 0 radical (unpaired) electrons. The van der Waals surface area contributed by atoms with Gasteiger partial charge in [0, 0.05) is 37.6 Å². The lowest BCUT2D eigenvalue weighted by Gasteiger charge is -2.39. The normalized spacial score (nSPS) is 27.3. The second-order valence-electron chi connectivity index (χ2n) is 7.12. The van der Waals surface area contributed by atoms with Gasteiger partial charge < -0.3 is 9.64 Å². The number of aryl methyl sites for hydroxylation is 1. The van der Waals surface area contributed by atoms with Crippen molar-refractivity contribution in [1.82, 2.24) is 9.80 Å². The zero-order chi connectivity index (χ0) is 16.4. The largest absolute Gasteiger partial charge is 0.373 e. The predicted octanol–water partition coefficient (Wildman–Crippen LogP) is 3.02. The lowest BCUT2D eigenvalue weighted by molar-refractivity contribution is -0.0728. The first-order chi connectivity index (χ1) is 11.0. The van der Waals surface area contributed by atoms with E-state index in [1.807, 2.05) is 17.0 Å². The van der Waals surface area contributed by atoms with Gasteiger partial charge in [0.25, 0.3) is 5.91 Å². The van der Waals surface area contributed by atoms with Gasteiger partial charge in [-0.15, -0.1) is 11.3 Å². The maximum absolute atomic E-state index is 12.5. The van der Waals surface area contributed by atoms with Crippen molar-refractivity contribution in [2.75, 3.05) is 32.7 Å². The molecule has 0 aromatic carbocycles. The number of morpholine rings is 1. The van der Waals surface area contributed by atoms with Crippen molar-refractivity contribution >= 4 is 17.2 Å². The number of ether oxygens (including phenoxy) is 1. The molecule has 5 heteroatoms. The minimum absolute atomic E-state index is 0.218. The number of rotatable bonds is 3. The summed E-state index contributed by atoms with van der Waals surface area (Å²) in [7, 11) is 0. The summed E-state index contributed by atoms with van der Waals surface area (Å²) in [4.78, 5) is 19.2. The Hall–Kier alpha value is -0.910. The highest BCUT2D eigenvalue weighted by atomic mass is 32.1. The van der Waals surface area contributed by atoms with Crippen LogP contribution in [-0.2, 0) is 4.74 Å². The maximum atomic E-state index is 12.5. The molecule has 1 aromatic rings. The van der Waals surface area contributed by atoms with E-state index in [-0.39, 0.29) is 5.91 Å². The van der Waals surface area contributed by atoms with Gasteiger partial charge in [-0.1, -0.05) is 0 Å². The Morgan fingerprint density at radius 3 is 2.43 bits per heavy atom. The molecule has 0 spiro atoms. The molecule has 0 aliphatic carbocycles. The van der Waals surface area contributed by atoms with Crippen molar-refractivity contribution in [2.45, 2.75) is 45.8 Å². The standard InChI is InChI=1S/C18H28N2O2S/c1-13-10-19(11-14(2)22-13)12-16-6-8-20(9-7-16)18(21)17-5-4-15(3)23-17/h4-5,13-14,16H,6-12H2,1-3H3/t13-,14-/m1/s1. The van der Waals surface area contributed by atoms with Crippen molar-refractivity contribution in [3.05, 3.63) is 21.9 Å². The number of hydrogen-bond donors (Lipinski definition) is 0. The highest BCUT2D eigenvalue weighted by Crippen LogP contribution is 2.24. The third kappa shape index (κ3) is 4.34. The van der Waals surface area contributed by atoms with E-state index in [1.54, 1.807) is 11.3 Å². The van der Waals surface area contributed by atoms with Crippen molar-refractivity contribution in [2.24, 2.45) is 5.92 Å². The molecule has 0 saturated carbocycles. The smallest absolute Gasteiger partial charge is 0.263 e. The average Bonchev–Trinajstić information content (AvgIpc) is 2.93. The Morgan fingerprint density at radius 2 is 1.87 bits per heavy atom. The number of amides is 1. The van der Waals surface area contributed by atoms with Crippen LogP contribution in [0.5, 0.6) is 0 Å². The minimum atomic E-state index is 0.218. The number of carbonyl (C=O) groups is 1. The van der Waals surface area contributed by atoms with Gasteiger partial charge in [-0.25, -0.2) is 0 Å². The third-order valence-electron chi connectivity index (χ3n) is 4.86. The summed E-state index contributed by atoms with van der Waals surface area (Å²) in [5, 5.41) is 0. The predicted molar refractivity (Wildman–Crippen MR) is 94.1 cm³/mol. The van der Waals surface area contributed by atoms with Crippen LogP contribution in [0.15, 0.2) is 12.1 Å². The molecule has 2 saturated heterocycles. The molecule has 2 fully saturated rings. The molecule has 23 heavy (non-hydrogen) atoms. The average molecular weight is 337 g/mol.